The zero-order valence-corrected chi connectivity index (χ0v) is 10.1. The lowest BCUT2D eigenvalue weighted by atomic mass is 10.2. The van der Waals surface area contributed by atoms with Gasteiger partial charge in [-0.2, -0.15) is 5.10 Å². The number of alkyl carbamates (subject to hydrolysis) is 1. The second-order valence-corrected chi connectivity index (χ2v) is 3.55. The number of hydrogen-bond acceptors (Lipinski definition) is 4. The van der Waals surface area contributed by atoms with Crippen molar-refractivity contribution in [3.05, 3.63) is 48.0 Å². The average molecular weight is 256 g/mol. The maximum atomic E-state index is 11.3. The fraction of sp³-hybridized carbons (Fsp3) is 0.154. The average Bonchev–Trinajstić information content (AvgIpc) is 2.96. The van der Waals surface area contributed by atoms with Crippen molar-refractivity contribution in [1.82, 2.24) is 20.5 Å². The number of carbonyl (C=O) groups is 1. The Morgan fingerprint density at radius 3 is 2.95 bits per heavy atom. The van der Waals surface area contributed by atoms with Crippen LogP contribution in [0.15, 0.2) is 36.7 Å². The van der Waals surface area contributed by atoms with Crippen LogP contribution in [0, 0.1) is 11.8 Å². The number of H-pyrrole nitrogens is 1. The van der Waals surface area contributed by atoms with Gasteiger partial charge in [0.1, 0.15) is 12.9 Å². The van der Waals surface area contributed by atoms with E-state index in [-0.39, 0.29) is 13.2 Å². The molecule has 2 aromatic rings. The summed E-state index contributed by atoms with van der Waals surface area (Å²) in [6.45, 7) is 0.427. The standard InChI is InChI=1S/C13H12N4O2/c18-13(19-9-11-5-2-1-3-6-11)14-8-4-7-12-15-10-16-17-12/h1-3,5-6,10H,8-9H2,(H,14,18)(H,15,16,17). The molecule has 2 N–H and O–H groups in total. The van der Waals surface area contributed by atoms with Crippen molar-refractivity contribution in [2.75, 3.05) is 6.54 Å². The highest BCUT2D eigenvalue weighted by Crippen LogP contribution is 2.00. The molecule has 0 spiro atoms. The Bertz CT molecular complexity index is 570. The Morgan fingerprint density at radius 1 is 1.37 bits per heavy atom. The highest BCUT2D eigenvalue weighted by molar-refractivity contribution is 5.67. The number of ether oxygens (including phenoxy) is 1. The smallest absolute Gasteiger partial charge is 0.408 e. The van der Waals surface area contributed by atoms with E-state index in [0.29, 0.717) is 5.82 Å². The van der Waals surface area contributed by atoms with Crippen LogP contribution in [0.25, 0.3) is 0 Å². The number of rotatable bonds is 3. The Labute approximate surface area is 110 Å². The van der Waals surface area contributed by atoms with Gasteiger partial charge in [-0.05, 0) is 11.5 Å². The number of carbonyl (C=O) groups excluding carboxylic acids is 1. The fourth-order valence-corrected chi connectivity index (χ4v) is 1.28. The van der Waals surface area contributed by atoms with Crippen LogP contribution in [-0.4, -0.2) is 27.8 Å². The van der Waals surface area contributed by atoms with Crippen molar-refractivity contribution < 1.29 is 9.53 Å². The molecule has 1 heterocycles. The van der Waals surface area contributed by atoms with Gasteiger partial charge in [0.05, 0.1) is 6.54 Å². The predicted octanol–water partition coefficient (Wildman–Crippen LogP) is 1.08. The first kappa shape index (κ1) is 12.6. The van der Waals surface area contributed by atoms with Crippen LogP contribution in [0.2, 0.25) is 0 Å². The maximum absolute atomic E-state index is 11.3. The van der Waals surface area contributed by atoms with Crippen LogP contribution in [0.4, 0.5) is 4.79 Å². The Balaban J connectivity index is 1.68. The third kappa shape index (κ3) is 4.52. The third-order valence-corrected chi connectivity index (χ3v) is 2.16. The molecule has 1 amide bonds. The summed E-state index contributed by atoms with van der Waals surface area (Å²) in [6.07, 6.45) is 0.863. The lowest BCUT2D eigenvalue weighted by Gasteiger charge is -2.04. The van der Waals surface area contributed by atoms with E-state index in [1.807, 2.05) is 30.3 Å². The molecule has 0 fully saturated rings. The first-order valence-electron chi connectivity index (χ1n) is 5.63. The highest BCUT2D eigenvalue weighted by Gasteiger charge is 2.00. The molecule has 6 heteroatoms. The first-order chi connectivity index (χ1) is 9.34. The molecule has 0 saturated heterocycles. The molecule has 0 radical (unpaired) electrons. The molecular formula is C13H12N4O2. The van der Waals surface area contributed by atoms with Gasteiger partial charge in [-0.1, -0.05) is 36.3 Å². The topological polar surface area (TPSA) is 79.9 Å². The summed E-state index contributed by atoms with van der Waals surface area (Å²) in [6, 6.07) is 9.45. The molecule has 96 valence electrons. The zero-order valence-electron chi connectivity index (χ0n) is 10.1. The Hall–Kier alpha value is -2.81. The number of nitrogens with zero attached hydrogens (tertiary/aromatic N) is 2. The quantitative estimate of drug-likeness (QED) is 0.805. The summed E-state index contributed by atoms with van der Waals surface area (Å²) >= 11 is 0. The van der Waals surface area contributed by atoms with Gasteiger partial charge < -0.3 is 10.1 Å². The minimum Gasteiger partial charge on any atom is -0.445 e. The van der Waals surface area contributed by atoms with E-state index in [0.717, 1.165) is 5.56 Å². The van der Waals surface area contributed by atoms with Crippen LogP contribution in [0.5, 0.6) is 0 Å². The summed E-state index contributed by atoms with van der Waals surface area (Å²) in [5.41, 5.74) is 0.936. The van der Waals surface area contributed by atoms with Crippen molar-refractivity contribution in [3.8, 4) is 11.8 Å². The minimum absolute atomic E-state index is 0.189. The number of aromatic nitrogens is 3. The largest absolute Gasteiger partial charge is 0.445 e. The van der Waals surface area contributed by atoms with Gasteiger partial charge >= 0.3 is 6.09 Å². The second-order valence-electron chi connectivity index (χ2n) is 3.55. The zero-order chi connectivity index (χ0) is 13.3. The molecule has 0 atom stereocenters. The van der Waals surface area contributed by atoms with Crippen LogP contribution in [0.3, 0.4) is 0 Å². The molecule has 1 aromatic heterocycles. The molecule has 0 saturated carbocycles. The number of aromatic amines is 1. The summed E-state index contributed by atoms with van der Waals surface area (Å²) < 4.78 is 5.01. The summed E-state index contributed by atoms with van der Waals surface area (Å²) in [5, 5.41) is 8.76. The van der Waals surface area contributed by atoms with E-state index < -0.39 is 6.09 Å². The molecule has 0 unspecified atom stereocenters. The molecular weight excluding hydrogens is 244 g/mol. The van der Waals surface area contributed by atoms with Crippen molar-refractivity contribution in [3.63, 3.8) is 0 Å². The number of nitrogens with one attached hydrogen (secondary N) is 2. The Morgan fingerprint density at radius 2 is 2.21 bits per heavy atom. The van der Waals surface area contributed by atoms with Crippen LogP contribution < -0.4 is 5.32 Å². The number of benzene rings is 1. The van der Waals surface area contributed by atoms with E-state index in [1.54, 1.807) is 0 Å². The second kappa shape index (κ2) is 6.81. The van der Waals surface area contributed by atoms with E-state index >= 15 is 0 Å². The fourth-order valence-electron chi connectivity index (χ4n) is 1.28. The van der Waals surface area contributed by atoms with Gasteiger partial charge in [-0.15, -0.1) is 0 Å². The highest BCUT2D eigenvalue weighted by atomic mass is 16.5. The summed E-state index contributed by atoms with van der Waals surface area (Å²) in [5.74, 6) is 5.88. The lowest BCUT2D eigenvalue weighted by molar-refractivity contribution is 0.141. The lowest BCUT2D eigenvalue weighted by Crippen LogP contribution is -2.24. The van der Waals surface area contributed by atoms with Gasteiger partial charge in [0.15, 0.2) is 0 Å². The van der Waals surface area contributed by atoms with Gasteiger partial charge in [-0.25, -0.2) is 9.78 Å². The van der Waals surface area contributed by atoms with Gasteiger partial charge in [0.25, 0.3) is 0 Å². The van der Waals surface area contributed by atoms with Gasteiger partial charge in [0, 0.05) is 0 Å². The molecule has 0 aliphatic rings. The van der Waals surface area contributed by atoms with Crippen LogP contribution >= 0.6 is 0 Å². The van der Waals surface area contributed by atoms with Gasteiger partial charge in [0.2, 0.25) is 5.82 Å². The number of amides is 1. The van der Waals surface area contributed by atoms with E-state index in [9.17, 15) is 4.79 Å². The summed E-state index contributed by atoms with van der Waals surface area (Å²) in [7, 11) is 0. The number of hydrogen-bond donors (Lipinski definition) is 2. The molecule has 6 nitrogen and oxygen atoms in total. The third-order valence-electron chi connectivity index (χ3n) is 2.16. The minimum atomic E-state index is -0.504. The van der Waals surface area contributed by atoms with Crippen molar-refractivity contribution in [2.24, 2.45) is 0 Å². The van der Waals surface area contributed by atoms with Crippen molar-refractivity contribution in [2.45, 2.75) is 6.61 Å². The molecule has 0 aliphatic carbocycles. The molecule has 2 rings (SSSR count). The van der Waals surface area contributed by atoms with Crippen LogP contribution in [-0.2, 0) is 11.3 Å². The molecule has 0 aliphatic heterocycles. The van der Waals surface area contributed by atoms with Crippen LogP contribution in [0.1, 0.15) is 11.4 Å². The Kier molecular flexibility index (Phi) is 4.53. The van der Waals surface area contributed by atoms with E-state index in [1.165, 1.54) is 6.33 Å². The normalized spacial score (nSPS) is 9.26. The monoisotopic (exact) mass is 256 g/mol. The van der Waals surface area contributed by atoms with Crippen molar-refractivity contribution in [1.29, 1.82) is 0 Å². The maximum Gasteiger partial charge on any atom is 0.408 e. The SMILES string of the molecule is O=C(NCC#Cc1ncn[nH]1)OCc1ccccc1. The van der Waals surface area contributed by atoms with Gasteiger partial charge in [-0.3, -0.25) is 5.10 Å². The summed E-state index contributed by atoms with van der Waals surface area (Å²) in [4.78, 5) is 15.2. The predicted molar refractivity (Wildman–Crippen MR) is 67.9 cm³/mol. The molecule has 1 aromatic carbocycles. The first-order valence-corrected chi connectivity index (χ1v) is 5.63. The van der Waals surface area contributed by atoms with E-state index in [2.05, 4.69) is 32.3 Å². The van der Waals surface area contributed by atoms with Crippen molar-refractivity contribution >= 4 is 6.09 Å². The molecule has 0 bridgehead atoms. The van der Waals surface area contributed by atoms with E-state index in [4.69, 9.17) is 4.74 Å². The molecule has 19 heavy (non-hydrogen) atoms.